The van der Waals surface area contributed by atoms with Crippen LogP contribution < -0.4 is 72.6 Å². The van der Waals surface area contributed by atoms with Gasteiger partial charge in [-0.1, -0.05) is 297 Å². The number of para-hydroxylation sites is 1. The summed E-state index contributed by atoms with van der Waals surface area (Å²) in [6, 6.07) is 107. The fraction of sp³-hybridized carbons (Fsp3) is 0.233. The van der Waals surface area contributed by atoms with Crippen LogP contribution >= 0.6 is 0 Å². The SMILES string of the molecule is CC(C)(C)c1cc2c3c(c1)C1(C)CCCCC1(C)N3c1cc(N(c3cccc([Si](c4ccccc4)(c4ccccc4)c4ccccc4)c3)c3cccc([Si](c4ccccc4)(c4ccccc4)c4ccccc4)c3)cc3c1B2c1cccc2c1N3C1(C)CCCCC21C. The van der Waals surface area contributed by atoms with Crippen LogP contribution in [-0.4, -0.2) is 33.9 Å². The molecule has 0 N–H and O–H groups in total. The normalized spacial score (nSPS) is 21.6. The zero-order chi connectivity index (χ0) is 62.4. The first-order chi connectivity index (χ1) is 44.7. The highest BCUT2D eigenvalue weighted by molar-refractivity contribution is 7.20. The van der Waals surface area contributed by atoms with Gasteiger partial charge in [-0.15, -0.1) is 0 Å². The maximum atomic E-state index is 2.98. The Bertz CT molecular complexity index is 4290. The lowest BCUT2D eigenvalue weighted by atomic mass is 9.33. The molecule has 2 saturated carbocycles. The summed E-state index contributed by atoms with van der Waals surface area (Å²) in [4.78, 5) is 8.67. The molecule has 0 saturated heterocycles. The molecule has 4 heterocycles. The molecule has 2 aliphatic carbocycles. The van der Waals surface area contributed by atoms with Crippen molar-refractivity contribution in [3.63, 3.8) is 0 Å². The van der Waals surface area contributed by atoms with Crippen molar-refractivity contribution in [1.82, 2.24) is 0 Å². The molecule has 0 aromatic heterocycles. The average molecular weight is 1220 g/mol. The van der Waals surface area contributed by atoms with E-state index in [0.717, 1.165) is 24.2 Å². The summed E-state index contributed by atoms with van der Waals surface area (Å²) in [5.74, 6) is 0. The Morgan fingerprint density at radius 2 is 0.707 bits per heavy atom. The summed E-state index contributed by atoms with van der Waals surface area (Å²) in [6.07, 6.45) is 9.56. The summed E-state index contributed by atoms with van der Waals surface area (Å²) in [6.45, 7) is 18.0. The standard InChI is InChI=1S/C86H82BN3Si2/c1-82(2,3)61-55-74-81-76(56-61)87-75-50-32-49-73-80(75)89(85(6)53-28-26-51-83(73,85)4)77-59-64(60-78(79(77)87)90(81)86(7)54-29-27-52-84(74,86)5)88(62-33-30-47-71(57-62)91(65-35-14-8-15-36-65,66-37-16-9-17-38-66)67-39-18-10-19-40-67)63-34-31-48-72(58-63)92(68-41-20-11-21-42-68,69-43-22-12-23-44-69)70-45-24-13-25-46-70/h8-25,30-50,55-60H,26-29,51-54H2,1-7H3. The van der Waals surface area contributed by atoms with Gasteiger partial charge in [0.25, 0.3) is 6.71 Å². The van der Waals surface area contributed by atoms with Crippen LogP contribution in [0.1, 0.15) is 117 Å². The predicted molar refractivity (Wildman–Crippen MR) is 397 cm³/mol. The Kier molecular flexibility index (Phi) is 13.0. The van der Waals surface area contributed by atoms with E-state index in [9.17, 15) is 0 Å². The fourth-order valence-electron chi connectivity index (χ4n) is 19.5. The maximum absolute atomic E-state index is 3.02. The van der Waals surface area contributed by atoms with Gasteiger partial charge in [0.15, 0.2) is 16.1 Å². The summed E-state index contributed by atoms with van der Waals surface area (Å²) in [7, 11) is -6.05. The molecule has 17 rings (SSSR count). The van der Waals surface area contributed by atoms with Crippen molar-refractivity contribution < 1.29 is 0 Å². The summed E-state index contributed by atoms with van der Waals surface area (Å²) in [5, 5.41) is 10.9. The molecule has 4 unspecified atom stereocenters. The van der Waals surface area contributed by atoms with Gasteiger partial charge in [0.2, 0.25) is 0 Å². The zero-order valence-electron chi connectivity index (χ0n) is 54.6. The molecule has 0 spiro atoms. The van der Waals surface area contributed by atoms with E-state index in [1.807, 2.05) is 0 Å². The second-order valence-corrected chi connectivity index (χ2v) is 37.3. The molecule has 11 aromatic carbocycles. The minimum atomic E-state index is -3.02. The largest absolute Gasteiger partial charge is 0.335 e. The highest BCUT2D eigenvalue weighted by atomic mass is 28.3. The average Bonchev–Trinajstić information content (AvgIpc) is 1.32. The Morgan fingerprint density at radius 1 is 0.348 bits per heavy atom. The van der Waals surface area contributed by atoms with E-state index in [4.69, 9.17) is 0 Å². The van der Waals surface area contributed by atoms with E-state index in [1.54, 1.807) is 11.1 Å². The first kappa shape index (κ1) is 57.2. The van der Waals surface area contributed by atoms with Crippen LogP contribution in [0.3, 0.4) is 0 Å². The number of fused-ring (bicyclic) bond motifs is 10. The minimum Gasteiger partial charge on any atom is -0.335 e. The Balaban J connectivity index is 1.00. The quantitative estimate of drug-likeness (QED) is 0.0944. The second-order valence-electron chi connectivity index (χ2n) is 29.7. The first-order valence-corrected chi connectivity index (χ1v) is 38.2. The molecule has 452 valence electrons. The number of benzene rings is 11. The van der Waals surface area contributed by atoms with Gasteiger partial charge in [-0.05, 0) is 156 Å². The van der Waals surface area contributed by atoms with E-state index in [0.29, 0.717) is 0 Å². The van der Waals surface area contributed by atoms with Crippen molar-refractivity contribution in [2.45, 2.75) is 127 Å². The molecule has 3 nitrogen and oxygen atoms in total. The van der Waals surface area contributed by atoms with Crippen LogP contribution in [0.15, 0.2) is 273 Å². The molecule has 6 heteroatoms. The predicted octanol–water partition coefficient (Wildman–Crippen LogP) is 13.8. The van der Waals surface area contributed by atoms with Gasteiger partial charge in [0.05, 0.1) is 16.8 Å². The Morgan fingerprint density at radius 3 is 1.11 bits per heavy atom. The molecule has 4 atom stereocenters. The zero-order valence-corrected chi connectivity index (χ0v) is 56.6. The van der Waals surface area contributed by atoms with Crippen LogP contribution in [0, 0.1) is 0 Å². The van der Waals surface area contributed by atoms with E-state index in [-0.39, 0.29) is 34.0 Å². The molecule has 11 aromatic rings. The van der Waals surface area contributed by atoms with Gasteiger partial charge in [-0.25, -0.2) is 0 Å². The topological polar surface area (TPSA) is 9.72 Å². The molecule has 0 radical (unpaired) electrons. The first-order valence-electron chi connectivity index (χ1n) is 34.2. The number of hydrogen-bond acceptors (Lipinski definition) is 3. The fourth-order valence-corrected chi connectivity index (χ4v) is 29.1. The Hall–Kier alpha value is -8.68. The van der Waals surface area contributed by atoms with Crippen LogP contribution in [0.5, 0.6) is 0 Å². The maximum Gasteiger partial charge on any atom is 0.252 e. The van der Waals surface area contributed by atoms with Crippen molar-refractivity contribution in [1.29, 1.82) is 0 Å². The molecule has 6 aliphatic rings. The van der Waals surface area contributed by atoms with E-state index >= 15 is 0 Å². The molecular weight excluding hydrogens is 1140 g/mol. The van der Waals surface area contributed by atoms with E-state index in [2.05, 4.69) is 336 Å². The lowest BCUT2D eigenvalue weighted by molar-refractivity contribution is 0.194. The van der Waals surface area contributed by atoms with Gasteiger partial charge in [-0.2, -0.15) is 0 Å². The third-order valence-electron chi connectivity index (χ3n) is 24.3. The molecular formula is C86H82BN3Si2. The third kappa shape index (κ3) is 7.80. The molecule has 0 bridgehead atoms. The smallest absolute Gasteiger partial charge is 0.252 e. The third-order valence-corrected chi connectivity index (χ3v) is 33.9. The highest BCUT2D eigenvalue weighted by Crippen LogP contribution is 2.65. The molecule has 0 amide bonds. The Labute approximate surface area is 548 Å². The minimum absolute atomic E-state index is 0.0316. The summed E-state index contributed by atoms with van der Waals surface area (Å²) in [5.41, 5.74) is 17.8. The number of hydrogen-bond donors (Lipinski definition) is 0. The lowest BCUT2D eigenvalue weighted by Crippen LogP contribution is -2.74. The van der Waals surface area contributed by atoms with Crippen LogP contribution in [0.2, 0.25) is 0 Å². The lowest BCUT2D eigenvalue weighted by Gasteiger charge is -2.55. The van der Waals surface area contributed by atoms with Gasteiger partial charge in [-0.3, -0.25) is 0 Å². The van der Waals surface area contributed by atoms with E-state index < -0.39 is 16.1 Å². The van der Waals surface area contributed by atoms with Crippen molar-refractivity contribution >= 4 is 121 Å². The van der Waals surface area contributed by atoms with Crippen LogP contribution in [0.25, 0.3) is 0 Å². The van der Waals surface area contributed by atoms with Gasteiger partial charge < -0.3 is 14.7 Å². The molecule has 4 aliphatic heterocycles. The number of anilines is 7. The summed E-state index contributed by atoms with van der Waals surface area (Å²) < 4.78 is 0. The van der Waals surface area contributed by atoms with Gasteiger partial charge in [0.1, 0.15) is 0 Å². The van der Waals surface area contributed by atoms with Crippen LogP contribution in [0.4, 0.5) is 39.8 Å². The van der Waals surface area contributed by atoms with Gasteiger partial charge >= 0.3 is 0 Å². The van der Waals surface area contributed by atoms with Crippen LogP contribution in [-0.2, 0) is 16.2 Å². The monoisotopic (exact) mass is 1220 g/mol. The van der Waals surface area contributed by atoms with Gasteiger partial charge in [0, 0.05) is 45.0 Å². The van der Waals surface area contributed by atoms with E-state index in [1.165, 1.54) is 130 Å². The molecule has 2 fully saturated rings. The second kappa shape index (κ2) is 20.9. The number of nitrogens with zero attached hydrogens (tertiary/aromatic N) is 3. The van der Waals surface area contributed by atoms with Crippen molar-refractivity contribution in [2.75, 3.05) is 14.7 Å². The summed E-state index contributed by atoms with van der Waals surface area (Å²) >= 11 is 0. The highest BCUT2D eigenvalue weighted by Gasteiger charge is 2.65. The molecule has 92 heavy (non-hydrogen) atoms. The number of rotatable bonds is 11. The van der Waals surface area contributed by atoms with Crippen molar-refractivity contribution in [3.8, 4) is 0 Å². The van der Waals surface area contributed by atoms with Crippen molar-refractivity contribution in [2.24, 2.45) is 0 Å². The van der Waals surface area contributed by atoms with Crippen molar-refractivity contribution in [3.05, 3.63) is 290 Å².